The van der Waals surface area contributed by atoms with E-state index in [9.17, 15) is 23.1 Å². The Morgan fingerprint density at radius 3 is 2.51 bits per heavy atom. The summed E-state index contributed by atoms with van der Waals surface area (Å²) in [5.41, 5.74) is 0.668. The number of hydrogen-bond acceptors (Lipinski definition) is 7. The van der Waals surface area contributed by atoms with Crippen LogP contribution in [0.25, 0.3) is 11.3 Å². The Hall–Kier alpha value is -4.80. The van der Waals surface area contributed by atoms with Crippen LogP contribution in [-0.2, 0) is 6.18 Å². The number of anilines is 2. The number of phenols is 1. The van der Waals surface area contributed by atoms with Crippen LogP contribution in [0.3, 0.4) is 0 Å². The molecule has 0 aliphatic heterocycles. The first kappa shape index (κ1) is 23.4. The summed E-state index contributed by atoms with van der Waals surface area (Å²) in [6, 6.07) is 17.0. The molecule has 0 spiro atoms. The second-order valence-electron chi connectivity index (χ2n) is 7.19. The summed E-state index contributed by atoms with van der Waals surface area (Å²) in [5, 5.41) is 29.8. The maximum Gasteiger partial charge on any atom is 0.416 e. The monoisotopic (exact) mass is 479 g/mol. The molecule has 176 valence electrons. The third-order valence-electron chi connectivity index (χ3n) is 4.77. The fraction of sp³-hybridized carbons (Fsp3) is 0.0417. The van der Waals surface area contributed by atoms with Crippen LogP contribution in [0.15, 0.2) is 89.2 Å². The van der Waals surface area contributed by atoms with Crippen LogP contribution in [0.5, 0.6) is 5.75 Å². The van der Waals surface area contributed by atoms with E-state index < -0.39 is 23.5 Å². The van der Waals surface area contributed by atoms with Crippen molar-refractivity contribution in [3.63, 3.8) is 0 Å². The van der Waals surface area contributed by atoms with Gasteiger partial charge in [-0.05, 0) is 48.5 Å². The van der Waals surface area contributed by atoms with Crippen molar-refractivity contribution >= 4 is 29.0 Å². The first-order valence-electron chi connectivity index (χ1n) is 10.1. The van der Waals surface area contributed by atoms with Gasteiger partial charge in [-0.1, -0.05) is 24.3 Å². The zero-order valence-electron chi connectivity index (χ0n) is 17.7. The van der Waals surface area contributed by atoms with E-state index >= 15 is 0 Å². The summed E-state index contributed by atoms with van der Waals surface area (Å²) < 4.78 is 39.0. The molecule has 0 atom stereocenters. The number of alkyl halides is 3. The maximum absolute atomic E-state index is 13.0. The molecule has 0 saturated carbocycles. The summed E-state index contributed by atoms with van der Waals surface area (Å²) in [4.78, 5) is 19.7. The van der Waals surface area contributed by atoms with Gasteiger partial charge < -0.3 is 15.5 Å². The van der Waals surface area contributed by atoms with Crippen molar-refractivity contribution in [2.75, 3.05) is 5.32 Å². The predicted molar refractivity (Wildman–Crippen MR) is 121 cm³/mol. The molecule has 0 radical (unpaired) electrons. The molecule has 3 aromatic carbocycles. The normalized spacial score (nSPS) is 11.5. The molecular formula is C24H16F3N5O3. The van der Waals surface area contributed by atoms with Crippen LogP contribution in [-0.4, -0.2) is 26.2 Å². The molecule has 8 nitrogen and oxygen atoms in total. The largest absolute Gasteiger partial charge is 0.507 e. The van der Waals surface area contributed by atoms with Gasteiger partial charge in [-0.2, -0.15) is 18.3 Å². The van der Waals surface area contributed by atoms with Crippen LogP contribution in [0.4, 0.5) is 36.2 Å². The Labute approximate surface area is 196 Å². The molecule has 1 heterocycles. The Bertz CT molecular complexity index is 1420. The van der Waals surface area contributed by atoms with Crippen LogP contribution in [0.1, 0.15) is 15.9 Å². The lowest BCUT2D eigenvalue weighted by Gasteiger charge is -2.10. The number of rotatable bonds is 6. The van der Waals surface area contributed by atoms with E-state index in [1.807, 2.05) is 0 Å². The van der Waals surface area contributed by atoms with Crippen molar-refractivity contribution in [3.8, 4) is 17.0 Å². The molecule has 1 aromatic heterocycles. The van der Waals surface area contributed by atoms with Crippen molar-refractivity contribution in [1.82, 2.24) is 9.97 Å². The number of aromatic hydroxyl groups is 1. The van der Waals surface area contributed by atoms with Crippen LogP contribution < -0.4 is 5.32 Å². The van der Waals surface area contributed by atoms with Crippen molar-refractivity contribution < 1.29 is 28.2 Å². The van der Waals surface area contributed by atoms with Crippen molar-refractivity contribution in [2.45, 2.75) is 6.18 Å². The first-order chi connectivity index (χ1) is 16.7. The third-order valence-corrected chi connectivity index (χ3v) is 4.77. The maximum atomic E-state index is 13.0. The number of azo groups is 1. The van der Waals surface area contributed by atoms with Crippen molar-refractivity contribution in [1.29, 1.82) is 0 Å². The van der Waals surface area contributed by atoms with E-state index in [0.29, 0.717) is 16.9 Å². The summed E-state index contributed by atoms with van der Waals surface area (Å²) in [7, 11) is 0. The summed E-state index contributed by atoms with van der Waals surface area (Å²) in [5.74, 6) is -1.61. The summed E-state index contributed by atoms with van der Waals surface area (Å²) in [6.45, 7) is 0. The van der Waals surface area contributed by atoms with E-state index in [0.717, 1.165) is 12.1 Å². The van der Waals surface area contributed by atoms with Gasteiger partial charge in [0.2, 0.25) is 5.95 Å². The average Bonchev–Trinajstić information content (AvgIpc) is 2.83. The molecule has 0 bridgehead atoms. The highest BCUT2D eigenvalue weighted by Crippen LogP contribution is 2.33. The summed E-state index contributed by atoms with van der Waals surface area (Å²) >= 11 is 0. The Morgan fingerprint density at radius 2 is 1.74 bits per heavy atom. The van der Waals surface area contributed by atoms with Crippen LogP contribution in [0, 0.1) is 0 Å². The molecule has 0 aliphatic rings. The van der Waals surface area contributed by atoms with E-state index in [1.54, 1.807) is 30.3 Å². The predicted octanol–water partition coefficient (Wildman–Crippen LogP) is 6.73. The van der Waals surface area contributed by atoms with Gasteiger partial charge in [0.15, 0.2) is 0 Å². The highest BCUT2D eigenvalue weighted by Gasteiger charge is 2.30. The molecule has 0 unspecified atom stereocenters. The van der Waals surface area contributed by atoms with Crippen LogP contribution >= 0.6 is 0 Å². The number of benzene rings is 3. The van der Waals surface area contributed by atoms with Gasteiger partial charge in [0.1, 0.15) is 11.3 Å². The molecule has 3 N–H and O–H groups in total. The lowest BCUT2D eigenvalue weighted by atomic mass is 10.1. The van der Waals surface area contributed by atoms with E-state index in [2.05, 4.69) is 25.5 Å². The summed E-state index contributed by atoms with van der Waals surface area (Å²) in [6.07, 6.45) is -3.03. The van der Waals surface area contributed by atoms with Gasteiger partial charge in [-0.15, -0.1) is 5.11 Å². The van der Waals surface area contributed by atoms with E-state index in [1.165, 1.54) is 36.5 Å². The van der Waals surface area contributed by atoms with Gasteiger partial charge >= 0.3 is 12.1 Å². The van der Waals surface area contributed by atoms with Gasteiger partial charge in [0, 0.05) is 17.4 Å². The number of carbonyl (C=O) groups is 1. The molecule has 0 saturated heterocycles. The van der Waals surface area contributed by atoms with Gasteiger partial charge in [0.05, 0.1) is 22.6 Å². The zero-order valence-corrected chi connectivity index (χ0v) is 17.7. The van der Waals surface area contributed by atoms with E-state index in [-0.39, 0.29) is 22.9 Å². The Morgan fingerprint density at radius 1 is 0.943 bits per heavy atom. The third kappa shape index (κ3) is 5.58. The van der Waals surface area contributed by atoms with Gasteiger partial charge in [-0.3, -0.25) is 0 Å². The molecule has 11 heteroatoms. The molecule has 0 fully saturated rings. The van der Waals surface area contributed by atoms with Crippen LogP contribution in [0.2, 0.25) is 0 Å². The number of nitrogens with one attached hydrogen (secondary N) is 1. The first-order valence-corrected chi connectivity index (χ1v) is 10.1. The molecule has 0 aliphatic carbocycles. The molecule has 0 amide bonds. The minimum Gasteiger partial charge on any atom is -0.507 e. The zero-order chi connectivity index (χ0) is 25.0. The topological polar surface area (TPSA) is 120 Å². The minimum atomic E-state index is -4.48. The lowest BCUT2D eigenvalue weighted by Crippen LogP contribution is -2.05. The van der Waals surface area contributed by atoms with Crippen molar-refractivity contribution in [3.05, 3.63) is 90.1 Å². The Balaban J connectivity index is 1.62. The van der Waals surface area contributed by atoms with Gasteiger partial charge in [0.25, 0.3) is 0 Å². The quantitative estimate of drug-likeness (QED) is 0.264. The number of nitrogens with zero attached hydrogens (tertiary/aromatic N) is 4. The fourth-order valence-electron chi connectivity index (χ4n) is 3.12. The second-order valence-corrected chi connectivity index (χ2v) is 7.19. The SMILES string of the molecule is O=C(O)c1cc(N=Nc2ccccc2-c2ccnc(Nc3cccc(C(F)(F)F)c3)n2)ccc1O. The number of carboxylic acid groups (broad SMARTS) is 1. The van der Waals surface area contributed by atoms with Crippen molar-refractivity contribution in [2.24, 2.45) is 10.2 Å². The average molecular weight is 479 g/mol. The number of hydrogen-bond donors (Lipinski definition) is 3. The minimum absolute atomic E-state index is 0.0817. The molecule has 4 aromatic rings. The Kier molecular flexibility index (Phi) is 6.40. The van der Waals surface area contributed by atoms with E-state index in [4.69, 9.17) is 5.11 Å². The molecular weight excluding hydrogens is 463 g/mol. The number of halogens is 3. The highest BCUT2D eigenvalue weighted by atomic mass is 19.4. The number of carboxylic acids is 1. The number of aromatic nitrogens is 2. The molecule has 4 rings (SSSR count). The molecule has 35 heavy (non-hydrogen) atoms. The number of aromatic carboxylic acids is 1. The second kappa shape index (κ2) is 9.59. The fourth-order valence-corrected chi connectivity index (χ4v) is 3.12. The van der Waals surface area contributed by atoms with Gasteiger partial charge in [-0.25, -0.2) is 14.8 Å². The lowest BCUT2D eigenvalue weighted by molar-refractivity contribution is -0.137. The standard InChI is InChI=1S/C24H16F3N5O3/c25-24(26,27)14-4-3-5-15(12-14)29-23-28-11-10-19(30-23)17-6-1-2-7-20(17)32-31-16-8-9-21(33)18(13-16)22(34)35/h1-13,33H,(H,34,35)(H,28,29,30). The smallest absolute Gasteiger partial charge is 0.416 e. The highest BCUT2D eigenvalue weighted by molar-refractivity contribution is 5.91.